The first-order chi connectivity index (χ1) is 12.7. The summed E-state index contributed by atoms with van der Waals surface area (Å²) >= 11 is 0.827. The maximum Gasteiger partial charge on any atom is 0.422 e. The minimum atomic E-state index is -4.53. The first-order valence-electron chi connectivity index (χ1n) is 8.27. The number of aromatic nitrogens is 1. The molecule has 0 atom stereocenters. The number of thiophene rings is 1. The molecule has 2 aromatic heterocycles. The summed E-state index contributed by atoms with van der Waals surface area (Å²) < 4.78 is 42.9. The molecule has 0 unspecified atom stereocenters. The van der Waals surface area contributed by atoms with E-state index in [1.165, 1.54) is 6.07 Å². The van der Waals surface area contributed by atoms with Crippen molar-refractivity contribution in [3.8, 4) is 5.75 Å². The van der Waals surface area contributed by atoms with Crippen LogP contribution in [0.4, 0.5) is 24.7 Å². The molecule has 1 fully saturated rings. The predicted octanol–water partition coefficient (Wildman–Crippen LogP) is 2.71. The molecule has 0 radical (unpaired) electrons. The van der Waals surface area contributed by atoms with Crippen molar-refractivity contribution in [3.63, 3.8) is 0 Å². The van der Waals surface area contributed by atoms with Gasteiger partial charge in [-0.3, -0.25) is 0 Å². The maximum atomic E-state index is 12.6. The Morgan fingerprint density at radius 3 is 2.70 bits per heavy atom. The number of nitrogens with one attached hydrogen (secondary N) is 1. The number of aromatic carboxylic acids is 1. The van der Waals surface area contributed by atoms with Crippen LogP contribution in [-0.4, -0.2) is 55.0 Å². The van der Waals surface area contributed by atoms with Gasteiger partial charge in [-0.1, -0.05) is 0 Å². The number of alkyl halides is 3. The number of nitrogen functional groups attached to an aromatic ring is 1. The maximum absolute atomic E-state index is 12.6. The molecule has 27 heavy (non-hydrogen) atoms. The lowest BCUT2D eigenvalue weighted by atomic mass is 10.1. The molecule has 3 rings (SSSR count). The van der Waals surface area contributed by atoms with E-state index < -0.39 is 18.8 Å². The summed E-state index contributed by atoms with van der Waals surface area (Å²) in [5.74, 6) is -0.912. The SMILES string of the molecule is CNC1CCN(c2cc(OCC(F)(F)F)c3c(N)c(C(=O)O)sc3n2)CC1. The summed E-state index contributed by atoms with van der Waals surface area (Å²) in [5.41, 5.74) is 5.72. The second-order valence-corrected chi connectivity index (χ2v) is 7.26. The minimum absolute atomic E-state index is 0.107. The van der Waals surface area contributed by atoms with Gasteiger partial charge in [0.25, 0.3) is 0 Å². The van der Waals surface area contributed by atoms with Crippen LogP contribution in [0.25, 0.3) is 10.2 Å². The Kier molecular flexibility index (Phi) is 5.33. The number of nitrogens with zero attached hydrogens (tertiary/aromatic N) is 2. The van der Waals surface area contributed by atoms with Crippen molar-refractivity contribution in [2.45, 2.75) is 25.1 Å². The number of carboxylic acids is 1. The van der Waals surface area contributed by atoms with Crippen LogP contribution in [0.1, 0.15) is 22.5 Å². The Labute approximate surface area is 156 Å². The molecule has 0 aliphatic carbocycles. The third kappa shape index (κ3) is 4.19. The number of halogens is 3. The van der Waals surface area contributed by atoms with Gasteiger partial charge >= 0.3 is 12.1 Å². The summed E-state index contributed by atoms with van der Waals surface area (Å²) in [6.07, 6.45) is -2.80. The Bertz CT molecular complexity index is 848. The molecule has 0 aromatic carbocycles. The molecule has 7 nitrogen and oxygen atoms in total. The molecular formula is C16H19F3N4O3S. The molecule has 1 aliphatic heterocycles. The molecule has 1 saturated heterocycles. The smallest absolute Gasteiger partial charge is 0.422 e. The summed E-state index contributed by atoms with van der Waals surface area (Å²) in [6, 6.07) is 1.78. The van der Waals surface area contributed by atoms with E-state index in [0.717, 1.165) is 24.2 Å². The Morgan fingerprint density at radius 1 is 1.48 bits per heavy atom. The van der Waals surface area contributed by atoms with Gasteiger partial charge in [-0.15, -0.1) is 11.3 Å². The van der Waals surface area contributed by atoms with Crippen molar-refractivity contribution < 1.29 is 27.8 Å². The highest BCUT2D eigenvalue weighted by Gasteiger charge is 2.30. The highest BCUT2D eigenvalue weighted by Crippen LogP contribution is 2.41. The highest BCUT2D eigenvalue weighted by atomic mass is 32.1. The molecule has 0 amide bonds. The highest BCUT2D eigenvalue weighted by molar-refractivity contribution is 7.21. The van der Waals surface area contributed by atoms with Gasteiger partial charge in [-0.25, -0.2) is 9.78 Å². The zero-order chi connectivity index (χ0) is 19.8. The van der Waals surface area contributed by atoms with E-state index in [4.69, 9.17) is 10.5 Å². The normalized spacial score (nSPS) is 16.1. The second-order valence-electron chi connectivity index (χ2n) is 6.26. The van der Waals surface area contributed by atoms with Crippen LogP contribution in [0.15, 0.2) is 6.07 Å². The summed E-state index contributed by atoms with van der Waals surface area (Å²) in [6.45, 7) is -0.143. The summed E-state index contributed by atoms with van der Waals surface area (Å²) in [5, 5.41) is 12.6. The number of piperidine rings is 1. The number of carboxylic acid groups (broad SMARTS) is 1. The number of hydrogen-bond donors (Lipinski definition) is 3. The van der Waals surface area contributed by atoms with E-state index in [2.05, 4.69) is 10.3 Å². The predicted molar refractivity (Wildman–Crippen MR) is 96.8 cm³/mol. The number of fused-ring (bicyclic) bond motifs is 1. The van der Waals surface area contributed by atoms with Gasteiger partial charge in [0.1, 0.15) is 21.3 Å². The lowest BCUT2D eigenvalue weighted by Crippen LogP contribution is -2.41. The van der Waals surface area contributed by atoms with Gasteiger partial charge in [0.05, 0.1) is 11.1 Å². The number of carbonyl (C=O) groups is 1. The van der Waals surface area contributed by atoms with Gasteiger partial charge in [0, 0.05) is 25.2 Å². The zero-order valence-corrected chi connectivity index (χ0v) is 15.3. The van der Waals surface area contributed by atoms with E-state index in [-0.39, 0.29) is 26.5 Å². The number of anilines is 2. The molecular weight excluding hydrogens is 385 g/mol. The van der Waals surface area contributed by atoms with Crippen LogP contribution in [0.5, 0.6) is 5.75 Å². The standard InChI is InChI=1S/C16H19F3N4O3S/c1-21-8-2-4-23(5-3-8)10-6-9(26-7-16(17,18)19)11-12(20)13(15(24)25)27-14(11)22-10/h6,8,21H,2-5,7,20H2,1H3,(H,24,25). The molecule has 148 valence electrons. The van der Waals surface area contributed by atoms with E-state index in [9.17, 15) is 23.1 Å². The van der Waals surface area contributed by atoms with E-state index in [0.29, 0.717) is 24.9 Å². The zero-order valence-electron chi connectivity index (χ0n) is 14.5. The Hall–Kier alpha value is -2.27. The molecule has 4 N–H and O–H groups in total. The van der Waals surface area contributed by atoms with Crippen LogP contribution in [0.2, 0.25) is 0 Å². The molecule has 3 heterocycles. The van der Waals surface area contributed by atoms with Crippen molar-refractivity contribution in [3.05, 3.63) is 10.9 Å². The minimum Gasteiger partial charge on any atom is -0.483 e. The van der Waals surface area contributed by atoms with Gasteiger partial charge in [-0.2, -0.15) is 13.2 Å². The van der Waals surface area contributed by atoms with E-state index in [1.54, 1.807) is 0 Å². The molecule has 0 bridgehead atoms. The third-order valence-electron chi connectivity index (χ3n) is 4.46. The molecule has 1 aliphatic rings. The average Bonchev–Trinajstić information content (AvgIpc) is 2.96. The van der Waals surface area contributed by atoms with Crippen molar-refractivity contribution in [1.29, 1.82) is 0 Å². The Balaban J connectivity index is 2.01. The Morgan fingerprint density at radius 2 is 2.15 bits per heavy atom. The van der Waals surface area contributed by atoms with Crippen LogP contribution in [-0.2, 0) is 0 Å². The molecule has 0 spiro atoms. The summed E-state index contributed by atoms with van der Waals surface area (Å²) in [4.78, 5) is 17.8. The quantitative estimate of drug-likeness (QED) is 0.704. The number of rotatable bonds is 5. The van der Waals surface area contributed by atoms with E-state index in [1.807, 2.05) is 11.9 Å². The fourth-order valence-corrected chi connectivity index (χ4v) is 4.01. The monoisotopic (exact) mass is 404 g/mol. The number of nitrogens with two attached hydrogens (primary N) is 1. The molecule has 0 saturated carbocycles. The lowest BCUT2D eigenvalue weighted by Gasteiger charge is -2.32. The molecule has 11 heteroatoms. The van der Waals surface area contributed by atoms with Gasteiger partial charge in [-0.05, 0) is 19.9 Å². The van der Waals surface area contributed by atoms with Crippen LogP contribution >= 0.6 is 11.3 Å². The first kappa shape index (κ1) is 19.5. The average molecular weight is 404 g/mol. The van der Waals surface area contributed by atoms with Gasteiger partial charge in [0.2, 0.25) is 0 Å². The van der Waals surface area contributed by atoms with E-state index >= 15 is 0 Å². The van der Waals surface area contributed by atoms with Crippen molar-refractivity contribution >= 4 is 39.0 Å². The summed E-state index contributed by atoms with van der Waals surface area (Å²) in [7, 11) is 1.88. The van der Waals surface area contributed by atoms with Crippen molar-refractivity contribution in [2.24, 2.45) is 0 Å². The van der Waals surface area contributed by atoms with Crippen LogP contribution in [0.3, 0.4) is 0 Å². The lowest BCUT2D eigenvalue weighted by molar-refractivity contribution is -0.153. The van der Waals surface area contributed by atoms with Crippen LogP contribution < -0.4 is 20.7 Å². The van der Waals surface area contributed by atoms with Gasteiger partial charge in [0.15, 0.2) is 6.61 Å². The fraction of sp³-hybridized carbons (Fsp3) is 0.500. The van der Waals surface area contributed by atoms with Crippen LogP contribution in [0, 0.1) is 0 Å². The number of ether oxygens (including phenoxy) is 1. The molecule has 2 aromatic rings. The van der Waals surface area contributed by atoms with Crippen molar-refractivity contribution in [1.82, 2.24) is 10.3 Å². The number of hydrogen-bond acceptors (Lipinski definition) is 7. The third-order valence-corrected chi connectivity index (χ3v) is 5.55. The first-order valence-corrected chi connectivity index (χ1v) is 9.09. The number of pyridine rings is 1. The fourth-order valence-electron chi connectivity index (χ4n) is 3.07. The van der Waals surface area contributed by atoms with Gasteiger partial charge < -0.3 is 25.8 Å². The second kappa shape index (κ2) is 7.39. The topological polar surface area (TPSA) is 101 Å². The van der Waals surface area contributed by atoms with Crippen molar-refractivity contribution in [2.75, 3.05) is 37.4 Å². The largest absolute Gasteiger partial charge is 0.483 e.